The molecule has 0 aliphatic carbocycles. The van der Waals surface area contributed by atoms with E-state index in [9.17, 15) is 0 Å². The summed E-state index contributed by atoms with van der Waals surface area (Å²) in [5.74, 6) is 0. The van der Waals surface area contributed by atoms with Crippen LogP contribution in [0.2, 0.25) is 0 Å². The number of hydrogen-bond donors (Lipinski definition) is 1. The van der Waals surface area contributed by atoms with E-state index in [4.69, 9.17) is 5.73 Å². The van der Waals surface area contributed by atoms with E-state index in [2.05, 4.69) is 28.9 Å². The summed E-state index contributed by atoms with van der Waals surface area (Å²) < 4.78 is 0. The van der Waals surface area contributed by atoms with Gasteiger partial charge in [-0.3, -0.25) is 4.98 Å². The topological polar surface area (TPSA) is 45.4 Å². The number of rotatable bonds is 2. The molecule has 2 N–H and O–H groups in total. The first-order chi connectivity index (χ1) is 7.66. The number of aromatic nitrogens is 1. The van der Waals surface area contributed by atoms with Gasteiger partial charge in [0.1, 0.15) is 0 Å². The van der Waals surface area contributed by atoms with E-state index in [1.54, 1.807) is 6.20 Å². The summed E-state index contributed by atoms with van der Waals surface area (Å²) in [5.41, 5.74) is 7.65. The zero-order valence-electron chi connectivity index (χ0n) is 10.1. The average Bonchev–Trinajstić information content (AvgIpc) is 2.29. The first kappa shape index (κ1) is 11.2. The highest BCUT2D eigenvalue weighted by Gasteiger charge is 2.21. The van der Waals surface area contributed by atoms with E-state index in [0.717, 1.165) is 24.5 Å². The van der Waals surface area contributed by atoms with Crippen LogP contribution in [-0.2, 0) is 0 Å². The van der Waals surface area contributed by atoms with Gasteiger partial charge in [0, 0.05) is 25.3 Å². The number of anilines is 2. The molecule has 16 heavy (non-hydrogen) atoms. The monoisotopic (exact) mass is 220 g/mol. The highest BCUT2D eigenvalue weighted by atomic mass is 15.2. The first-order valence-corrected chi connectivity index (χ1v) is 5.78. The van der Waals surface area contributed by atoms with Crippen molar-refractivity contribution >= 4 is 11.4 Å². The molecule has 2 rings (SSSR count). The molecule has 1 aliphatic rings. The van der Waals surface area contributed by atoms with E-state index in [-0.39, 0.29) is 0 Å². The van der Waals surface area contributed by atoms with Crippen molar-refractivity contribution in [2.24, 2.45) is 0 Å². The average molecular weight is 220 g/mol. The Morgan fingerprint density at radius 3 is 2.94 bits per heavy atom. The Balaban J connectivity index is 2.09. The highest BCUT2D eigenvalue weighted by Crippen LogP contribution is 2.22. The Morgan fingerprint density at radius 1 is 1.44 bits per heavy atom. The van der Waals surface area contributed by atoms with Gasteiger partial charge in [-0.1, -0.05) is 0 Å². The fraction of sp³-hybridized carbons (Fsp3) is 0.583. The van der Waals surface area contributed by atoms with Crippen molar-refractivity contribution in [3.05, 3.63) is 18.5 Å². The summed E-state index contributed by atoms with van der Waals surface area (Å²) in [6.07, 6.45) is 6.10. The Bertz CT molecular complexity index is 351. The molecule has 1 aromatic rings. The van der Waals surface area contributed by atoms with Crippen LogP contribution in [0.4, 0.5) is 11.4 Å². The fourth-order valence-electron chi connectivity index (χ4n) is 2.23. The van der Waals surface area contributed by atoms with Gasteiger partial charge < -0.3 is 15.5 Å². The van der Waals surface area contributed by atoms with Gasteiger partial charge in [-0.2, -0.15) is 0 Å². The van der Waals surface area contributed by atoms with Gasteiger partial charge >= 0.3 is 0 Å². The number of likely N-dealkylation sites (N-methyl/N-ethyl adjacent to an activating group) is 1. The van der Waals surface area contributed by atoms with Gasteiger partial charge in [-0.25, -0.2) is 0 Å². The molecule has 1 fully saturated rings. The second-order valence-corrected chi connectivity index (χ2v) is 4.68. The van der Waals surface area contributed by atoms with Gasteiger partial charge in [0.05, 0.1) is 17.6 Å². The lowest BCUT2D eigenvalue weighted by Crippen LogP contribution is -2.45. The standard InChI is InChI=1S/C12H20N4/c1-15(2)11-4-3-5-16(9-11)12-6-10(13)7-14-8-12/h6-8,11H,3-5,9,13H2,1-2H3. The minimum Gasteiger partial charge on any atom is -0.397 e. The molecule has 0 bridgehead atoms. The molecule has 4 nitrogen and oxygen atoms in total. The zero-order valence-corrected chi connectivity index (χ0v) is 10.1. The summed E-state index contributed by atoms with van der Waals surface area (Å²) >= 11 is 0. The molecule has 0 saturated carbocycles. The summed E-state index contributed by atoms with van der Waals surface area (Å²) in [6, 6.07) is 2.64. The Hall–Kier alpha value is -1.29. The van der Waals surface area contributed by atoms with E-state index in [1.807, 2.05) is 12.3 Å². The maximum atomic E-state index is 5.76. The van der Waals surface area contributed by atoms with Crippen LogP contribution < -0.4 is 10.6 Å². The molecule has 1 unspecified atom stereocenters. The van der Waals surface area contributed by atoms with Crippen molar-refractivity contribution in [2.75, 3.05) is 37.8 Å². The van der Waals surface area contributed by atoms with Gasteiger partial charge in [0.15, 0.2) is 0 Å². The van der Waals surface area contributed by atoms with Gasteiger partial charge in [0.2, 0.25) is 0 Å². The van der Waals surface area contributed by atoms with E-state index in [1.165, 1.54) is 12.8 Å². The third-order valence-corrected chi connectivity index (χ3v) is 3.24. The van der Waals surface area contributed by atoms with Crippen molar-refractivity contribution in [1.29, 1.82) is 0 Å². The molecular formula is C12H20N4. The van der Waals surface area contributed by atoms with Gasteiger partial charge in [-0.15, -0.1) is 0 Å². The molecule has 1 aliphatic heterocycles. The molecule has 1 atom stereocenters. The Labute approximate surface area is 97.1 Å². The fourth-order valence-corrected chi connectivity index (χ4v) is 2.23. The molecule has 1 aromatic heterocycles. The summed E-state index contributed by atoms with van der Waals surface area (Å²) in [7, 11) is 4.29. The Kier molecular flexibility index (Phi) is 3.29. The third kappa shape index (κ3) is 2.44. The molecule has 4 heteroatoms. The number of pyridine rings is 1. The quantitative estimate of drug-likeness (QED) is 0.813. The molecule has 0 amide bonds. The van der Waals surface area contributed by atoms with Crippen LogP contribution in [0.25, 0.3) is 0 Å². The Morgan fingerprint density at radius 2 is 2.25 bits per heavy atom. The summed E-state index contributed by atoms with van der Waals surface area (Å²) in [5, 5.41) is 0. The minimum atomic E-state index is 0.634. The van der Waals surface area contributed by atoms with Gasteiger partial charge in [-0.05, 0) is 33.0 Å². The van der Waals surface area contributed by atoms with E-state index in [0.29, 0.717) is 6.04 Å². The molecule has 88 valence electrons. The zero-order chi connectivity index (χ0) is 11.5. The summed E-state index contributed by atoms with van der Waals surface area (Å²) in [6.45, 7) is 2.17. The van der Waals surface area contributed by atoms with Crippen molar-refractivity contribution in [1.82, 2.24) is 9.88 Å². The normalized spacial score (nSPS) is 21.4. The third-order valence-electron chi connectivity index (χ3n) is 3.24. The molecular weight excluding hydrogens is 200 g/mol. The number of piperidine rings is 1. The lowest BCUT2D eigenvalue weighted by atomic mass is 10.0. The van der Waals surface area contributed by atoms with Crippen molar-refractivity contribution in [3.8, 4) is 0 Å². The maximum Gasteiger partial charge on any atom is 0.0573 e. The second-order valence-electron chi connectivity index (χ2n) is 4.68. The van der Waals surface area contributed by atoms with E-state index >= 15 is 0 Å². The smallest absolute Gasteiger partial charge is 0.0573 e. The first-order valence-electron chi connectivity index (χ1n) is 5.78. The lowest BCUT2D eigenvalue weighted by Gasteiger charge is -2.37. The van der Waals surface area contributed by atoms with Crippen LogP contribution in [0.3, 0.4) is 0 Å². The number of nitrogens with two attached hydrogens (primary N) is 1. The predicted molar refractivity (Wildman–Crippen MR) is 67.6 cm³/mol. The van der Waals surface area contributed by atoms with E-state index < -0.39 is 0 Å². The van der Waals surface area contributed by atoms with Crippen LogP contribution in [0.5, 0.6) is 0 Å². The number of hydrogen-bond acceptors (Lipinski definition) is 4. The number of nitrogen functional groups attached to an aromatic ring is 1. The maximum absolute atomic E-state index is 5.76. The molecule has 0 spiro atoms. The minimum absolute atomic E-state index is 0.634. The summed E-state index contributed by atoms with van der Waals surface area (Å²) in [4.78, 5) is 8.82. The second kappa shape index (κ2) is 4.70. The molecule has 0 radical (unpaired) electrons. The SMILES string of the molecule is CN(C)C1CCCN(c2cncc(N)c2)C1. The molecule has 0 aromatic carbocycles. The van der Waals surface area contributed by atoms with Crippen molar-refractivity contribution in [2.45, 2.75) is 18.9 Å². The van der Waals surface area contributed by atoms with Gasteiger partial charge in [0.25, 0.3) is 0 Å². The predicted octanol–water partition coefficient (Wildman–Crippen LogP) is 1.19. The molecule has 1 saturated heterocycles. The highest BCUT2D eigenvalue weighted by molar-refractivity contribution is 5.53. The van der Waals surface area contributed by atoms with Crippen molar-refractivity contribution in [3.63, 3.8) is 0 Å². The largest absolute Gasteiger partial charge is 0.397 e. The van der Waals surface area contributed by atoms with Crippen LogP contribution in [-0.4, -0.2) is 43.1 Å². The lowest BCUT2D eigenvalue weighted by molar-refractivity contribution is 0.258. The van der Waals surface area contributed by atoms with Crippen molar-refractivity contribution < 1.29 is 0 Å². The van der Waals surface area contributed by atoms with Crippen LogP contribution in [0.15, 0.2) is 18.5 Å². The number of nitrogens with zero attached hydrogens (tertiary/aromatic N) is 3. The van der Waals surface area contributed by atoms with Crippen LogP contribution in [0, 0.1) is 0 Å². The molecule has 2 heterocycles. The van der Waals surface area contributed by atoms with Crippen LogP contribution >= 0.6 is 0 Å². The van der Waals surface area contributed by atoms with Crippen LogP contribution in [0.1, 0.15) is 12.8 Å².